The van der Waals surface area contributed by atoms with Gasteiger partial charge in [-0.25, -0.2) is 4.79 Å². The Morgan fingerprint density at radius 1 is 1.35 bits per heavy atom. The van der Waals surface area contributed by atoms with Crippen molar-refractivity contribution in [2.45, 2.75) is 43.7 Å². The number of hydrogen-bond donors (Lipinski definition) is 2. The highest BCUT2D eigenvalue weighted by Crippen LogP contribution is 2.30. The van der Waals surface area contributed by atoms with Crippen LogP contribution in [0.3, 0.4) is 0 Å². The Labute approximate surface area is 98.2 Å². The Morgan fingerprint density at radius 2 is 2.06 bits per heavy atom. The number of aliphatic hydroxyl groups is 2. The first-order valence-electron chi connectivity index (χ1n) is 5.41. The molecule has 2 heterocycles. The van der Waals surface area contributed by atoms with E-state index in [-0.39, 0.29) is 6.61 Å². The summed E-state index contributed by atoms with van der Waals surface area (Å²) in [6.45, 7) is 1.19. The molecule has 0 saturated carbocycles. The maximum atomic E-state index is 11.4. The number of fused-ring (bicyclic) bond motifs is 1. The first-order valence-corrected chi connectivity index (χ1v) is 5.41. The molecule has 0 spiro atoms. The molecule has 6 atom stereocenters. The number of ether oxygens (including phenoxy) is 4. The summed E-state index contributed by atoms with van der Waals surface area (Å²) in [6, 6.07) is 0. The van der Waals surface area contributed by atoms with Crippen LogP contribution in [0.15, 0.2) is 0 Å². The quantitative estimate of drug-likeness (QED) is 0.569. The van der Waals surface area contributed by atoms with Crippen molar-refractivity contribution < 1.29 is 34.0 Å². The largest absolute Gasteiger partial charge is 0.455 e. The minimum Gasteiger partial charge on any atom is -0.455 e. The smallest absolute Gasteiger partial charge is 0.335 e. The molecule has 2 rings (SSSR count). The highest BCUT2D eigenvalue weighted by atomic mass is 16.7. The predicted molar refractivity (Wildman–Crippen MR) is 53.0 cm³/mol. The first kappa shape index (κ1) is 12.7. The van der Waals surface area contributed by atoms with Gasteiger partial charge in [0.25, 0.3) is 0 Å². The fourth-order valence-corrected chi connectivity index (χ4v) is 2.05. The molecule has 2 fully saturated rings. The highest BCUT2D eigenvalue weighted by molar-refractivity contribution is 5.75. The van der Waals surface area contributed by atoms with E-state index in [1.165, 1.54) is 14.0 Å². The van der Waals surface area contributed by atoms with Crippen LogP contribution in [0.25, 0.3) is 0 Å². The molecule has 0 amide bonds. The van der Waals surface area contributed by atoms with E-state index in [4.69, 9.17) is 18.9 Å². The van der Waals surface area contributed by atoms with Crippen LogP contribution in [0.2, 0.25) is 0 Å². The monoisotopic (exact) mass is 248 g/mol. The van der Waals surface area contributed by atoms with Crippen molar-refractivity contribution in [1.82, 2.24) is 0 Å². The number of carbonyl (C=O) groups excluding carboxylic acids is 1. The van der Waals surface area contributed by atoms with Crippen molar-refractivity contribution in [2.75, 3.05) is 13.7 Å². The average molecular weight is 248 g/mol. The van der Waals surface area contributed by atoms with Crippen molar-refractivity contribution in [3.8, 4) is 0 Å². The van der Waals surface area contributed by atoms with E-state index in [1.807, 2.05) is 0 Å². The zero-order chi connectivity index (χ0) is 12.6. The van der Waals surface area contributed by atoms with E-state index in [2.05, 4.69) is 0 Å². The third kappa shape index (κ3) is 2.16. The van der Waals surface area contributed by atoms with Crippen LogP contribution < -0.4 is 0 Å². The lowest BCUT2D eigenvalue weighted by molar-refractivity contribution is -0.322. The summed E-state index contributed by atoms with van der Waals surface area (Å²) in [4.78, 5) is 11.4. The summed E-state index contributed by atoms with van der Waals surface area (Å²) < 4.78 is 20.7. The Hall–Kier alpha value is -0.730. The Balaban J connectivity index is 2.18. The molecule has 2 aliphatic rings. The number of rotatable bonds is 2. The van der Waals surface area contributed by atoms with Gasteiger partial charge in [-0.1, -0.05) is 0 Å². The van der Waals surface area contributed by atoms with Gasteiger partial charge in [0.05, 0.1) is 6.61 Å². The topological polar surface area (TPSA) is 94.5 Å². The fraction of sp³-hybridized carbons (Fsp3) is 0.900. The van der Waals surface area contributed by atoms with Crippen LogP contribution in [0.1, 0.15) is 6.92 Å². The van der Waals surface area contributed by atoms with Crippen molar-refractivity contribution in [3.63, 3.8) is 0 Å². The number of methoxy groups -OCH3 is 1. The van der Waals surface area contributed by atoms with Crippen LogP contribution in [0.5, 0.6) is 0 Å². The van der Waals surface area contributed by atoms with E-state index in [1.54, 1.807) is 0 Å². The summed E-state index contributed by atoms with van der Waals surface area (Å²) in [5.41, 5.74) is 0. The lowest BCUT2D eigenvalue weighted by Crippen LogP contribution is -2.64. The van der Waals surface area contributed by atoms with Gasteiger partial charge in [-0.05, 0) is 6.92 Å². The van der Waals surface area contributed by atoms with Gasteiger partial charge in [-0.3, -0.25) is 0 Å². The molecule has 0 unspecified atom stereocenters. The van der Waals surface area contributed by atoms with Crippen LogP contribution in [-0.2, 0) is 23.7 Å². The second kappa shape index (κ2) is 4.87. The van der Waals surface area contributed by atoms with Gasteiger partial charge in [-0.2, -0.15) is 0 Å². The molecule has 0 aromatic rings. The molecule has 0 aliphatic carbocycles. The molecule has 7 nitrogen and oxygen atoms in total. The number of aliphatic hydroxyl groups excluding tert-OH is 2. The van der Waals surface area contributed by atoms with Crippen LogP contribution in [0, 0.1) is 0 Å². The summed E-state index contributed by atoms with van der Waals surface area (Å²) in [5.74, 6) is -0.531. The van der Waals surface area contributed by atoms with Gasteiger partial charge in [0.15, 0.2) is 18.5 Å². The highest BCUT2D eigenvalue weighted by Gasteiger charge is 2.52. The van der Waals surface area contributed by atoms with Crippen molar-refractivity contribution in [3.05, 3.63) is 0 Å². The molecule has 2 N–H and O–H groups in total. The summed E-state index contributed by atoms with van der Waals surface area (Å²) in [7, 11) is 1.38. The summed E-state index contributed by atoms with van der Waals surface area (Å²) in [6.07, 6.45) is -5.05. The SMILES string of the molecule is CO[C@H]1O[C@H](CO)[C@H]2OC(=O)[C@@H](C)O[C@@H]2[C@H]1O. The maximum absolute atomic E-state index is 11.4. The molecule has 0 aromatic carbocycles. The third-order valence-electron chi connectivity index (χ3n) is 2.97. The molecular formula is C10H16O7. The third-order valence-corrected chi connectivity index (χ3v) is 2.97. The lowest BCUT2D eigenvalue weighted by atomic mass is 9.97. The molecule has 0 bridgehead atoms. The van der Waals surface area contributed by atoms with Gasteiger partial charge >= 0.3 is 5.97 Å². The van der Waals surface area contributed by atoms with Crippen LogP contribution in [-0.4, -0.2) is 66.7 Å². The zero-order valence-corrected chi connectivity index (χ0v) is 9.61. The number of hydrogen-bond acceptors (Lipinski definition) is 7. The standard InChI is InChI=1S/C10H16O7/c1-4-9(13)17-7-5(3-11)16-10(14-2)6(12)8(7)15-4/h4-8,10-12H,3H2,1-2H3/t4-,5-,6-,7-,8-,10+/m1/s1. The van der Waals surface area contributed by atoms with Gasteiger partial charge in [0, 0.05) is 7.11 Å². The normalized spacial score (nSPS) is 46.2. The Morgan fingerprint density at radius 3 is 2.65 bits per heavy atom. The maximum Gasteiger partial charge on any atom is 0.335 e. The second-order valence-electron chi connectivity index (χ2n) is 4.10. The van der Waals surface area contributed by atoms with Gasteiger partial charge in [-0.15, -0.1) is 0 Å². The molecule has 0 aromatic heterocycles. The zero-order valence-electron chi connectivity index (χ0n) is 9.61. The summed E-state index contributed by atoms with van der Waals surface area (Å²) in [5, 5.41) is 19.1. The molecule has 17 heavy (non-hydrogen) atoms. The molecule has 7 heteroatoms. The Bertz CT molecular complexity index is 294. The van der Waals surface area contributed by atoms with Gasteiger partial charge in [0.1, 0.15) is 18.3 Å². The minimum absolute atomic E-state index is 0.348. The molecule has 2 saturated heterocycles. The van der Waals surface area contributed by atoms with E-state index in [0.29, 0.717) is 0 Å². The summed E-state index contributed by atoms with van der Waals surface area (Å²) >= 11 is 0. The van der Waals surface area contributed by atoms with E-state index in [9.17, 15) is 15.0 Å². The van der Waals surface area contributed by atoms with E-state index >= 15 is 0 Å². The lowest BCUT2D eigenvalue weighted by Gasteiger charge is -2.46. The molecule has 2 aliphatic heterocycles. The number of carbonyl (C=O) groups is 1. The minimum atomic E-state index is -1.07. The van der Waals surface area contributed by atoms with Crippen LogP contribution >= 0.6 is 0 Å². The van der Waals surface area contributed by atoms with Crippen molar-refractivity contribution >= 4 is 5.97 Å². The molecule has 98 valence electrons. The fourth-order valence-electron chi connectivity index (χ4n) is 2.05. The van der Waals surface area contributed by atoms with Crippen molar-refractivity contribution in [1.29, 1.82) is 0 Å². The Kier molecular flexibility index (Phi) is 3.64. The second-order valence-corrected chi connectivity index (χ2v) is 4.10. The average Bonchev–Trinajstić information content (AvgIpc) is 2.32. The molecular weight excluding hydrogens is 232 g/mol. The first-order chi connectivity index (χ1) is 8.08. The predicted octanol–water partition coefficient (Wildman–Crippen LogP) is -1.59. The number of esters is 1. The van der Waals surface area contributed by atoms with E-state index in [0.717, 1.165) is 0 Å². The van der Waals surface area contributed by atoms with Gasteiger partial charge in [0.2, 0.25) is 0 Å². The molecule has 0 radical (unpaired) electrons. The van der Waals surface area contributed by atoms with Crippen LogP contribution in [0.4, 0.5) is 0 Å². The van der Waals surface area contributed by atoms with E-state index < -0.39 is 42.8 Å². The van der Waals surface area contributed by atoms with Crippen molar-refractivity contribution in [2.24, 2.45) is 0 Å². The van der Waals surface area contributed by atoms with Gasteiger partial charge < -0.3 is 29.2 Å².